The molecule has 1 fully saturated rings. The Balaban J connectivity index is 2.12. The Morgan fingerprint density at radius 3 is 2.12 bits per heavy atom. The minimum Gasteiger partial charge on any atom is -0.481 e. The highest BCUT2D eigenvalue weighted by atomic mass is 32.2. The normalized spacial score (nSPS) is 26.0. The third-order valence-corrected chi connectivity index (χ3v) is 6.89. The largest absolute Gasteiger partial charge is 0.481 e. The van der Waals surface area contributed by atoms with Crippen LogP contribution in [0, 0.1) is 5.41 Å². The summed E-state index contributed by atoms with van der Waals surface area (Å²) in [4.78, 5) is 12.1. The number of ether oxygens (including phenoxy) is 1. The first kappa shape index (κ1) is 16.7. The van der Waals surface area contributed by atoms with E-state index in [1.807, 2.05) is 6.07 Å². The monoisotopic (exact) mass is 346 g/mol. The van der Waals surface area contributed by atoms with E-state index >= 15 is 0 Å². The molecule has 5 nitrogen and oxygen atoms in total. The number of rotatable bonds is 6. The summed E-state index contributed by atoms with van der Waals surface area (Å²) in [5.74, 6) is -1.79. The van der Waals surface area contributed by atoms with E-state index in [2.05, 4.69) is 0 Å². The van der Waals surface area contributed by atoms with Gasteiger partial charge in [-0.25, -0.2) is 8.42 Å². The van der Waals surface area contributed by atoms with E-state index < -0.39 is 32.4 Å². The van der Waals surface area contributed by atoms with Crippen LogP contribution in [0.2, 0.25) is 0 Å². The van der Waals surface area contributed by atoms with Crippen LogP contribution in [0.1, 0.15) is 11.5 Å². The standard InChI is InChI=1S/C18H18O5S/c1-23-12-18(17(19)20)15(13-8-4-2-5-9-13)16(18)24(21,22)14-10-6-3-7-11-14/h2-11,15-16H,12H2,1H3,(H,19,20)/t15-,16-,18+/m0/s1. The average molecular weight is 346 g/mol. The summed E-state index contributed by atoms with van der Waals surface area (Å²) >= 11 is 0. The summed E-state index contributed by atoms with van der Waals surface area (Å²) in [6, 6.07) is 16.9. The van der Waals surface area contributed by atoms with Gasteiger partial charge in [0, 0.05) is 13.0 Å². The molecule has 3 atom stereocenters. The molecule has 0 bridgehead atoms. The molecule has 0 radical (unpaired) electrons. The zero-order valence-electron chi connectivity index (χ0n) is 13.1. The van der Waals surface area contributed by atoms with Gasteiger partial charge in [-0.1, -0.05) is 48.5 Å². The first-order valence-electron chi connectivity index (χ1n) is 7.52. The van der Waals surface area contributed by atoms with Gasteiger partial charge in [0.1, 0.15) is 5.41 Å². The second-order valence-electron chi connectivity index (χ2n) is 5.95. The number of hydrogen-bond acceptors (Lipinski definition) is 4. The van der Waals surface area contributed by atoms with Crippen molar-refractivity contribution in [1.82, 2.24) is 0 Å². The van der Waals surface area contributed by atoms with Gasteiger partial charge >= 0.3 is 5.97 Å². The van der Waals surface area contributed by atoms with Gasteiger partial charge < -0.3 is 9.84 Å². The molecule has 0 saturated heterocycles. The highest BCUT2D eigenvalue weighted by Gasteiger charge is 2.76. The Bertz CT molecular complexity index is 832. The van der Waals surface area contributed by atoms with Crippen molar-refractivity contribution in [3.63, 3.8) is 0 Å². The van der Waals surface area contributed by atoms with Crippen LogP contribution in [0.25, 0.3) is 0 Å². The lowest BCUT2D eigenvalue weighted by Crippen LogP contribution is -2.28. The fourth-order valence-corrected chi connectivity index (χ4v) is 5.86. The van der Waals surface area contributed by atoms with Crippen molar-refractivity contribution in [3.05, 3.63) is 66.2 Å². The van der Waals surface area contributed by atoms with Crippen molar-refractivity contribution in [1.29, 1.82) is 0 Å². The van der Waals surface area contributed by atoms with Crippen LogP contribution in [-0.2, 0) is 19.4 Å². The van der Waals surface area contributed by atoms with Crippen LogP contribution >= 0.6 is 0 Å². The summed E-state index contributed by atoms with van der Waals surface area (Å²) < 4.78 is 31.2. The highest BCUT2D eigenvalue weighted by molar-refractivity contribution is 7.92. The van der Waals surface area contributed by atoms with Gasteiger partial charge in [-0.3, -0.25) is 4.79 Å². The molecule has 0 spiro atoms. The molecular weight excluding hydrogens is 328 g/mol. The van der Waals surface area contributed by atoms with E-state index in [1.165, 1.54) is 19.2 Å². The predicted molar refractivity (Wildman–Crippen MR) is 88.5 cm³/mol. The van der Waals surface area contributed by atoms with Crippen molar-refractivity contribution in [2.45, 2.75) is 16.1 Å². The molecule has 1 aliphatic carbocycles. The molecular formula is C18H18O5S. The molecule has 1 aliphatic rings. The van der Waals surface area contributed by atoms with Crippen molar-refractivity contribution < 1.29 is 23.1 Å². The predicted octanol–water partition coefficient (Wildman–Crippen LogP) is 2.34. The van der Waals surface area contributed by atoms with Gasteiger partial charge in [0.25, 0.3) is 0 Å². The lowest BCUT2D eigenvalue weighted by atomic mass is 10.0. The van der Waals surface area contributed by atoms with E-state index in [9.17, 15) is 18.3 Å². The van der Waals surface area contributed by atoms with Crippen LogP contribution in [-0.4, -0.2) is 38.5 Å². The molecule has 2 aromatic carbocycles. The SMILES string of the molecule is COC[C@@]1(C(=O)O)[C@@H](c2ccccc2)[C@@H]1S(=O)(=O)c1ccccc1. The molecule has 0 heterocycles. The Morgan fingerprint density at radius 1 is 1.08 bits per heavy atom. The number of methoxy groups -OCH3 is 1. The number of carbonyl (C=O) groups is 1. The first-order valence-corrected chi connectivity index (χ1v) is 9.07. The molecule has 0 aliphatic heterocycles. The van der Waals surface area contributed by atoms with Crippen LogP contribution in [0.15, 0.2) is 65.6 Å². The van der Waals surface area contributed by atoms with Crippen LogP contribution < -0.4 is 0 Å². The maximum atomic E-state index is 13.1. The fourth-order valence-electron chi connectivity index (χ4n) is 3.48. The van der Waals surface area contributed by atoms with E-state index in [4.69, 9.17) is 4.74 Å². The molecule has 126 valence electrons. The van der Waals surface area contributed by atoms with Crippen LogP contribution in [0.5, 0.6) is 0 Å². The maximum absolute atomic E-state index is 13.1. The summed E-state index contributed by atoms with van der Waals surface area (Å²) in [6.45, 7) is -0.154. The minimum absolute atomic E-state index is 0.134. The Morgan fingerprint density at radius 2 is 1.62 bits per heavy atom. The number of sulfone groups is 1. The summed E-state index contributed by atoms with van der Waals surface area (Å²) in [5.41, 5.74) is -0.772. The Kier molecular flexibility index (Phi) is 4.19. The van der Waals surface area contributed by atoms with E-state index in [0.29, 0.717) is 5.56 Å². The summed E-state index contributed by atoms with van der Waals surface area (Å²) in [5, 5.41) is 8.75. The van der Waals surface area contributed by atoms with Gasteiger partial charge in [0.15, 0.2) is 9.84 Å². The minimum atomic E-state index is -3.80. The highest BCUT2D eigenvalue weighted by Crippen LogP contribution is 2.64. The number of hydrogen-bond donors (Lipinski definition) is 1. The van der Waals surface area contributed by atoms with Gasteiger partial charge in [-0.2, -0.15) is 0 Å². The smallest absolute Gasteiger partial charge is 0.314 e. The zero-order chi connectivity index (χ0) is 17.4. The van der Waals surface area contributed by atoms with Gasteiger partial charge in [0.2, 0.25) is 0 Å². The van der Waals surface area contributed by atoms with Gasteiger partial charge in [0.05, 0.1) is 16.8 Å². The average Bonchev–Trinajstić information content (AvgIpc) is 3.28. The van der Waals surface area contributed by atoms with Crippen molar-refractivity contribution in [2.75, 3.05) is 13.7 Å². The fraction of sp³-hybridized carbons (Fsp3) is 0.278. The molecule has 3 rings (SSSR count). The molecule has 2 aromatic rings. The Labute approximate surface area is 140 Å². The second kappa shape index (κ2) is 6.03. The number of carboxylic acids is 1. The molecule has 24 heavy (non-hydrogen) atoms. The van der Waals surface area contributed by atoms with Gasteiger partial charge in [-0.05, 0) is 17.7 Å². The third-order valence-electron chi connectivity index (χ3n) is 4.60. The number of benzene rings is 2. The van der Waals surface area contributed by atoms with Crippen LogP contribution in [0.3, 0.4) is 0 Å². The first-order chi connectivity index (χ1) is 11.5. The summed E-state index contributed by atoms with van der Waals surface area (Å²) in [7, 11) is -2.41. The topological polar surface area (TPSA) is 80.7 Å². The molecule has 0 amide bonds. The molecule has 1 saturated carbocycles. The molecule has 6 heteroatoms. The number of aliphatic carboxylic acids is 1. The summed E-state index contributed by atoms with van der Waals surface area (Å²) in [6.07, 6.45) is 0. The Hall–Kier alpha value is -2.18. The third kappa shape index (κ3) is 2.42. The zero-order valence-corrected chi connectivity index (χ0v) is 13.9. The van der Waals surface area contributed by atoms with Crippen LogP contribution in [0.4, 0.5) is 0 Å². The van der Waals surface area contributed by atoms with E-state index in [0.717, 1.165) is 0 Å². The van der Waals surface area contributed by atoms with Gasteiger partial charge in [-0.15, -0.1) is 0 Å². The molecule has 1 N–H and O–H groups in total. The van der Waals surface area contributed by atoms with E-state index in [-0.39, 0.29) is 11.5 Å². The second-order valence-corrected chi connectivity index (χ2v) is 8.01. The van der Waals surface area contributed by atoms with E-state index in [1.54, 1.807) is 42.5 Å². The lowest BCUT2D eigenvalue weighted by Gasteiger charge is -2.12. The van der Waals surface area contributed by atoms with Crippen molar-refractivity contribution in [2.24, 2.45) is 5.41 Å². The van der Waals surface area contributed by atoms with Crippen molar-refractivity contribution in [3.8, 4) is 0 Å². The number of carboxylic acid groups (broad SMARTS) is 1. The maximum Gasteiger partial charge on any atom is 0.314 e. The quantitative estimate of drug-likeness (QED) is 0.868. The lowest BCUT2D eigenvalue weighted by molar-refractivity contribution is -0.145. The van der Waals surface area contributed by atoms with Crippen molar-refractivity contribution >= 4 is 15.8 Å². The molecule has 0 aromatic heterocycles. The molecule has 0 unspecified atom stereocenters.